The topological polar surface area (TPSA) is 32.8 Å². The molecule has 0 aliphatic carbocycles. The van der Waals surface area contributed by atoms with Crippen molar-refractivity contribution in [2.45, 2.75) is 32.1 Å². The van der Waals surface area contributed by atoms with E-state index in [1.807, 2.05) is 9.80 Å². The number of methoxy groups -OCH3 is 1. The van der Waals surface area contributed by atoms with E-state index in [2.05, 4.69) is 6.08 Å². The van der Waals surface area contributed by atoms with Crippen LogP contribution in [-0.4, -0.2) is 55.7 Å². The summed E-state index contributed by atoms with van der Waals surface area (Å²) in [6.45, 7) is 4.15. The molecular formula is C14H24N2O2. The summed E-state index contributed by atoms with van der Waals surface area (Å²) in [5, 5.41) is 0. The van der Waals surface area contributed by atoms with Crippen molar-refractivity contribution in [3.8, 4) is 0 Å². The van der Waals surface area contributed by atoms with Gasteiger partial charge in [0.25, 0.3) is 0 Å². The molecule has 102 valence electrons. The van der Waals surface area contributed by atoms with E-state index < -0.39 is 0 Å². The van der Waals surface area contributed by atoms with Gasteiger partial charge in [0, 0.05) is 33.3 Å². The molecule has 2 rings (SSSR count). The molecule has 2 aliphatic rings. The normalized spacial score (nSPS) is 21.5. The van der Waals surface area contributed by atoms with Crippen molar-refractivity contribution >= 4 is 6.03 Å². The molecule has 4 nitrogen and oxygen atoms in total. The number of carbonyl (C=O) groups excluding carboxylic acids is 1. The second-order valence-electron chi connectivity index (χ2n) is 5.18. The van der Waals surface area contributed by atoms with Crippen molar-refractivity contribution in [1.29, 1.82) is 0 Å². The van der Waals surface area contributed by atoms with Crippen LogP contribution in [0.4, 0.5) is 4.79 Å². The molecule has 0 aromatic carbocycles. The molecule has 18 heavy (non-hydrogen) atoms. The van der Waals surface area contributed by atoms with Crippen LogP contribution >= 0.6 is 0 Å². The lowest BCUT2D eigenvalue weighted by molar-refractivity contribution is 0.155. The molecule has 2 aliphatic heterocycles. The van der Waals surface area contributed by atoms with Gasteiger partial charge in [-0.2, -0.15) is 0 Å². The molecule has 0 aromatic rings. The van der Waals surface area contributed by atoms with Gasteiger partial charge in [-0.15, -0.1) is 0 Å². The van der Waals surface area contributed by atoms with E-state index in [0.29, 0.717) is 6.61 Å². The number of urea groups is 1. The number of likely N-dealkylation sites (tertiary alicyclic amines) is 1. The van der Waals surface area contributed by atoms with E-state index in [9.17, 15) is 4.79 Å². The van der Waals surface area contributed by atoms with Crippen molar-refractivity contribution in [1.82, 2.24) is 9.80 Å². The Morgan fingerprint density at radius 3 is 2.44 bits per heavy atom. The molecule has 0 radical (unpaired) electrons. The first-order chi connectivity index (χ1) is 8.81. The third-order valence-corrected chi connectivity index (χ3v) is 3.78. The van der Waals surface area contributed by atoms with Crippen LogP contribution < -0.4 is 0 Å². The molecule has 1 fully saturated rings. The Labute approximate surface area is 110 Å². The van der Waals surface area contributed by atoms with E-state index in [0.717, 1.165) is 45.4 Å². The molecule has 0 atom stereocenters. The lowest BCUT2D eigenvalue weighted by Crippen LogP contribution is -2.45. The summed E-state index contributed by atoms with van der Waals surface area (Å²) in [5.41, 5.74) is 1.32. The van der Waals surface area contributed by atoms with E-state index in [1.165, 1.54) is 18.4 Å². The maximum Gasteiger partial charge on any atom is 0.320 e. The first kappa shape index (κ1) is 13.4. The van der Waals surface area contributed by atoms with Crippen molar-refractivity contribution in [2.75, 3.05) is 39.9 Å². The monoisotopic (exact) mass is 252 g/mol. The van der Waals surface area contributed by atoms with Gasteiger partial charge in [-0.05, 0) is 24.8 Å². The van der Waals surface area contributed by atoms with Crippen LogP contribution in [0, 0.1) is 0 Å². The van der Waals surface area contributed by atoms with Gasteiger partial charge in [-0.1, -0.05) is 18.9 Å². The Balaban J connectivity index is 1.86. The zero-order valence-electron chi connectivity index (χ0n) is 11.4. The average Bonchev–Trinajstić information content (AvgIpc) is 2.68. The first-order valence-electron chi connectivity index (χ1n) is 7.02. The van der Waals surface area contributed by atoms with Crippen LogP contribution in [0.2, 0.25) is 0 Å². The van der Waals surface area contributed by atoms with Crippen molar-refractivity contribution in [2.24, 2.45) is 0 Å². The smallest absolute Gasteiger partial charge is 0.320 e. The molecule has 0 N–H and O–H groups in total. The van der Waals surface area contributed by atoms with Crippen LogP contribution in [0.15, 0.2) is 11.6 Å². The number of hydrogen-bond acceptors (Lipinski definition) is 2. The minimum absolute atomic E-state index is 0.226. The largest absolute Gasteiger partial charge is 0.380 e. The molecule has 2 amide bonds. The summed E-state index contributed by atoms with van der Waals surface area (Å²) in [5.74, 6) is 0. The zero-order valence-corrected chi connectivity index (χ0v) is 11.4. The SMILES string of the molecule is COCC1=CCN(C(=O)N2CCCCCC2)CC1. The quantitative estimate of drug-likeness (QED) is 0.706. The van der Waals surface area contributed by atoms with Gasteiger partial charge >= 0.3 is 6.03 Å². The standard InChI is InChI=1S/C14H24N2O2/c1-18-12-13-6-10-16(11-7-13)14(17)15-8-4-2-3-5-9-15/h6H,2-5,7-12H2,1H3. The lowest BCUT2D eigenvalue weighted by Gasteiger charge is -2.32. The van der Waals surface area contributed by atoms with Crippen LogP contribution in [0.25, 0.3) is 0 Å². The van der Waals surface area contributed by atoms with Gasteiger partial charge in [0.05, 0.1) is 6.61 Å². The second-order valence-corrected chi connectivity index (χ2v) is 5.18. The average molecular weight is 252 g/mol. The van der Waals surface area contributed by atoms with Crippen molar-refractivity contribution in [3.63, 3.8) is 0 Å². The molecule has 1 saturated heterocycles. The summed E-state index contributed by atoms with van der Waals surface area (Å²) in [6, 6.07) is 0.226. The number of nitrogens with zero attached hydrogens (tertiary/aromatic N) is 2. The number of amides is 2. The minimum Gasteiger partial charge on any atom is -0.380 e. The second kappa shape index (κ2) is 6.78. The number of ether oxygens (including phenoxy) is 1. The molecule has 0 aromatic heterocycles. The summed E-state index contributed by atoms with van der Waals surface area (Å²) < 4.78 is 5.13. The Bertz CT molecular complexity index is 307. The first-order valence-corrected chi connectivity index (χ1v) is 7.02. The molecule has 2 heterocycles. The minimum atomic E-state index is 0.226. The highest BCUT2D eigenvalue weighted by Gasteiger charge is 2.23. The summed E-state index contributed by atoms with van der Waals surface area (Å²) in [4.78, 5) is 16.4. The molecule has 4 heteroatoms. The number of carbonyl (C=O) groups is 1. The van der Waals surface area contributed by atoms with Crippen molar-refractivity contribution in [3.05, 3.63) is 11.6 Å². The fraction of sp³-hybridized carbons (Fsp3) is 0.786. The third-order valence-electron chi connectivity index (χ3n) is 3.78. The summed E-state index contributed by atoms with van der Waals surface area (Å²) >= 11 is 0. The van der Waals surface area contributed by atoms with Crippen molar-refractivity contribution < 1.29 is 9.53 Å². The van der Waals surface area contributed by atoms with Crippen LogP contribution in [0.1, 0.15) is 32.1 Å². The molecule has 0 spiro atoms. The maximum atomic E-state index is 12.4. The van der Waals surface area contributed by atoms with Gasteiger partial charge in [0.2, 0.25) is 0 Å². The molecule has 0 unspecified atom stereocenters. The molecular weight excluding hydrogens is 228 g/mol. The van der Waals surface area contributed by atoms with Crippen LogP contribution in [0.5, 0.6) is 0 Å². The predicted octanol–water partition coefficient (Wildman–Crippen LogP) is 2.26. The molecule has 0 bridgehead atoms. The van der Waals surface area contributed by atoms with Gasteiger partial charge in [-0.25, -0.2) is 4.79 Å². The summed E-state index contributed by atoms with van der Waals surface area (Å²) in [7, 11) is 1.72. The Morgan fingerprint density at radius 1 is 1.17 bits per heavy atom. The van der Waals surface area contributed by atoms with Gasteiger partial charge in [0.1, 0.15) is 0 Å². The van der Waals surface area contributed by atoms with Crippen LogP contribution in [0.3, 0.4) is 0 Å². The van der Waals surface area contributed by atoms with Gasteiger partial charge in [-0.3, -0.25) is 0 Å². The van der Waals surface area contributed by atoms with Crippen LogP contribution in [-0.2, 0) is 4.74 Å². The summed E-state index contributed by atoms with van der Waals surface area (Å²) in [6.07, 6.45) is 7.94. The van der Waals surface area contributed by atoms with E-state index in [4.69, 9.17) is 4.74 Å². The number of rotatable bonds is 2. The van der Waals surface area contributed by atoms with E-state index in [-0.39, 0.29) is 6.03 Å². The molecule has 0 saturated carbocycles. The lowest BCUT2D eigenvalue weighted by atomic mass is 10.1. The Morgan fingerprint density at radius 2 is 1.89 bits per heavy atom. The third kappa shape index (κ3) is 3.48. The zero-order chi connectivity index (χ0) is 12.8. The highest BCUT2D eigenvalue weighted by molar-refractivity contribution is 5.74. The highest BCUT2D eigenvalue weighted by atomic mass is 16.5. The van der Waals surface area contributed by atoms with Gasteiger partial charge in [0.15, 0.2) is 0 Å². The fourth-order valence-corrected chi connectivity index (χ4v) is 2.66. The predicted molar refractivity (Wildman–Crippen MR) is 71.6 cm³/mol. The fourth-order valence-electron chi connectivity index (χ4n) is 2.66. The maximum absolute atomic E-state index is 12.4. The Kier molecular flexibility index (Phi) is 5.05. The highest BCUT2D eigenvalue weighted by Crippen LogP contribution is 2.16. The van der Waals surface area contributed by atoms with Gasteiger partial charge < -0.3 is 14.5 Å². The number of hydrogen-bond donors (Lipinski definition) is 0. The Hall–Kier alpha value is -1.03. The van der Waals surface area contributed by atoms with E-state index in [1.54, 1.807) is 7.11 Å². The van der Waals surface area contributed by atoms with E-state index >= 15 is 0 Å².